The summed E-state index contributed by atoms with van der Waals surface area (Å²) >= 11 is 3.13. The van der Waals surface area contributed by atoms with Crippen LogP contribution in [0.2, 0.25) is 0 Å². The van der Waals surface area contributed by atoms with Crippen molar-refractivity contribution in [3.05, 3.63) is 74.7 Å². The van der Waals surface area contributed by atoms with E-state index in [4.69, 9.17) is 9.51 Å². The highest BCUT2D eigenvalue weighted by atomic mass is 32.2. The summed E-state index contributed by atoms with van der Waals surface area (Å²) in [5, 5.41) is 5.50. The quantitative estimate of drug-likeness (QED) is 0.321. The number of thioether (sulfide) groups is 1. The second-order valence-corrected chi connectivity index (χ2v) is 8.65. The van der Waals surface area contributed by atoms with Gasteiger partial charge in [-0.2, -0.15) is 0 Å². The van der Waals surface area contributed by atoms with Gasteiger partial charge in [0.2, 0.25) is 0 Å². The van der Waals surface area contributed by atoms with E-state index < -0.39 is 0 Å². The largest absolute Gasteiger partial charge is 0.361 e. The van der Waals surface area contributed by atoms with Crippen molar-refractivity contribution in [1.82, 2.24) is 14.7 Å². The Kier molecular flexibility index (Phi) is 5.64. The van der Waals surface area contributed by atoms with Crippen LogP contribution in [0.5, 0.6) is 0 Å². The van der Waals surface area contributed by atoms with Gasteiger partial charge in [0.15, 0.2) is 5.16 Å². The van der Waals surface area contributed by atoms with E-state index in [0.717, 1.165) is 39.7 Å². The Morgan fingerprint density at radius 2 is 2.04 bits per heavy atom. The normalized spacial score (nSPS) is 11.4. The third kappa shape index (κ3) is 4.05. The predicted molar refractivity (Wildman–Crippen MR) is 114 cm³/mol. The summed E-state index contributed by atoms with van der Waals surface area (Å²) in [7, 11) is 0. The Bertz CT molecular complexity index is 1150. The van der Waals surface area contributed by atoms with Gasteiger partial charge in [0.25, 0.3) is 5.56 Å². The fourth-order valence-electron chi connectivity index (χ4n) is 3.04. The number of aryl methyl sites for hydroxylation is 3. The molecule has 28 heavy (non-hydrogen) atoms. The van der Waals surface area contributed by atoms with Gasteiger partial charge in [-0.1, -0.05) is 54.2 Å². The Morgan fingerprint density at radius 3 is 2.75 bits per heavy atom. The highest BCUT2D eigenvalue weighted by Gasteiger charge is 2.15. The average Bonchev–Trinajstić information content (AvgIpc) is 3.32. The summed E-state index contributed by atoms with van der Waals surface area (Å²) in [6, 6.07) is 14.1. The van der Waals surface area contributed by atoms with E-state index in [1.807, 2.05) is 37.3 Å². The molecule has 0 fully saturated rings. The molecule has 0 N–H and O–H groups in total. The van der Waals surface area contributed by atoms with Crippen LogP contribution in [0.25, 0.3) is 10.2 Å². The van der Waals surface area contributed by atoms with E-state index in [0.29, 0.717) is 12.3 Å². The van der Waals surface area contributed by atoms with Crippen LogP contribution in [0.4, 0.5) is 0 Å². The molecule has 4 rings (SSSR count). The fourth-order valence-corrected chi connectivity index (χ4v) is 4.95. The molecule has 0 radical (unpaired) electrons. The number of nitrogens with zero attached hydrogens (tertiary/aromatic N) is 3. The first-order valence-electron chi connectivity index (χ1n) is 9.26. The van der Waals surface area contributed by atoms with Crippen LogP contribution in [0, 0.1) is 6.92 Å². The van der Waals surface area contributed by atoms with Crippen LogP contribution in [-0.4, -0.2) is 14.7 Å². The fraction of sp³-hybridized carbons (Fsp3) is 0.286. The first-order chi connectivity index (χ1) is 13.6. The molecule has 4 aromatic rings. The Morgan fingerprint density at radius 1 is 1.21 bits per heavy atom. The van der Waals surface area contributed by atoms with Crippen LogP contribution in [0.15, 0.2) is 56.9 Å². The van der Waals surface area contributed by atoms with Crippen molar-refractivity contribution in [3.63, 3.8) is 0 Å². The minimum absolute atomic E-state index is 0.0377. The monoisotopic (exact) mass is 411 g/mol. The molecule has 144 valence electrons. The second-order valence-electron chi connectivity index (χ2n) is 6.59. The molecule has 0 saturated carbocycles. The molecular formula is C21H21N3O2S2. The molecule has 0 aliphatic rings. The first kappa shape index (κ1) is 19.0. The van der Waals surface area contributed by atoms with Crippen molar-refractivity contribution in [3.8, 4) is 0 Å². The smallest absolute Gasteiger partial charge is 0.262 e. The van der Waals surface area contributed by atoms with Gasteiger partial charge in [0.05, 0.1) is 11.1 Å². The lowest BCUT2D eigenvalue weighted by molar-refractivity contribution is 0.393. The van der Waals surface area contributed by atoms with Crippen LogP contribution in [0.1, 0.15) is 28.8 Å². The zero-order valence-corrected chi connectivity index (χ0v) is 17.5. The molecule has 0 unspecified atom stereocenters. The van der Waals surface area contributed by atoms with Crippen molar-refractivity contribution in [1.29, 1.82) is 0 Å². The number of aromatic nitrogens is 3. The van der Waals surface area contributed by atoms with E-state index in [1.165, 1.54) is 22.2 Å². The SMILES string of the molecule is CCc1cc2c(=O)n(CCc3ccccc3)c(SCc3cc(C)on3)nc2s1. The lowest BCUT2D eigenvalue weighted by Crippen LogP contribution is -2.23. The maximum atomic E-state index is 13.2. The van der Waals surface area contributed by atoms with Crippen molar-refractivity contribution < 1.29 is 4.52 Å². The van der Waals surface area contributed by atoms with Gasteiger partial charge < -0.3 is 4.52 Å². The highest BCUT2D eigenvalue weighted by Crippen LogP contribution is 2.27. The molecule has 7 heteroatoms. The van der Waals surface area contributed by atoms with Gasteiger partial charge in [0.1, 0.15) is 10.6 Å². The minimum atomic E-state index is 0.0377. The highest BCUT2D eigenvalue weighted by molar-refractivity contribution is 7.98. The van der Waals surface area contributed by atoms with E-state index in [9.17, 15) is 4.79 Å². The Hall–Kier alpha value is -2.38. The van der Waals surface area contributed by atoms with Gasteiger partial charge in [-0.3, -0.25) is 9.36 Å². The van der Waals surface area contributed by atoms with Crippen LogP contribution in [-0.2, 0) is 25.1 Å². The molecule has 0 saturated heterocycles. The minimum Gasteiger partial charge on any atom is -0.361 e. The van der Waals surface area contributed by atoms with Crippen molar-refractivity contribution in [2.24, 2.45) is 0 Å². The Balaban J connectivity index is 1.68. The van der Waals surface area contributed by atoms with Crippen molar-refractivity contribution >= 4 is 33.3 Å². The second kappa shape index (κ2) is 8.32. The van der Waals surface area contributed by atoms with Gasteiger partial charge >= 0.3 is 0 Å². The van der Waals surface area contributed by atoms with E-state index >= 15 is 0 Å². The van der Waals surface area contributed by atoms with Gasteiger partial charge in [-0.05, 0) is 31.4 Å². The summed E-state index contributed by atoms with van der Waals surface area (Å²) in [5.74, 6) is 1.40. The summed E-state index contributed by atoms with van der Waals surface area (Å²) in [5.41, 5.74) is 2.10. The number of hydrogen-bond acceptors (Lipinski definition) is 6. The third-order valence-corrected chi connectivity index (χ3v) is 6.69. The maximum Gasteiger partial charge on any atom is 0.262 e. The van der Waals surface area contributed by atoms with E-state index in [2.05, 4.69) is 24.2 Å². The standard InChI is InChI=1S/C21H21N3O2S2/c1-3-17-12-18-19(28-17)22-21(27-13-16-11-14(2)26-23-16)24(20(18)25)10-9-15-7-5-4-6-8-15/h4-8,11-12H,3,9-10,13H2,1-2H3. The Labute approximate surface area is 171 Å². The molecular weight excluding hydrogens is 390 g/mol. The average molecular weight is 412 g/mol. The molecule has 0 bridgehead atoms. The maximum absolute atomic E-state index is 13.2. The summed E-state index contributed by atoms with van der Waals surface area (Å²) < 4.78 is 6.95. The molecule has 0 spiro atoms. The predicted octanol–water partition coefficient (Wildman–Crippen LogP) is 4.85. The third-order valence-electron chi connectivity index (χ3n) is 4.51. The number of benzene rings is 1. The number of hydrogen-bond donors (Lipinski definition) is 0. The molecule has 3 heterocycles. The van der Waals surface area contributed by atoms with E-state index in [1.54, 1.807) is 15.9 Å². The van der Waals surface area contributed by atoms with Gasteiger partial charge in [-0.15, -0.1) is 11.3 Å². The number of fused-ring (bicyclic) bond motifs is 1. The van der Waals surface area contributed by atoms with Crippen molar-refractivity contribution in [2.75, 3.05) is 0 Å². The molecule has 0 amide bonds. The summed E-state index contributed by atoms with van der Waals surface area (Å²) in [6.45, 7) is 4.57. The summed E-state index contributed by atoms with van der Waals surface area (Å²) in [4.78, 5) is 20.0. The molecule has 0 atom stereocenters. The molecule has 3 aromatic heterocycles. The molecule has 0 aliphatic carbocycles. The van der Waals surface area contributed by atoms with Gasteiger partial charge in [-0.25, -0.2) is 4.98 Å². The van der Waals surface area contributed by atoms with Crippen molar-refractivity contribution in [2.45, 2.75) is 44.1 Å². The molecule has 1 aromatic carbocycles. The zero-order chi connectivity index (χ0) is 19.5. The number of thiophene rings is 1. The van der Waals surface area contributed by atoms with Crippen LogP contribution < -0.4 is 5.56 Å². The zero-order valence-electron chi connectivity index (χ0n) is 15.8. The van der Waals surface area contributed by atoms with Crippen LogP contribution in [0.3, 0.4) is 0 Å². The first-order valence-corrected chi connectivity index (χ1v) is 11.1. The van der Waals surface area contributed by atoms with Gasteiger partial charge in [0, 0.05) is 23.2 Å². The van der Waals surface area contributed by atoms with Crippen LogP contribution >= 0.6 is 23.1 Å². The lowest BCUT2D eigenvalue weighted by atomic mass is 10.1. The topological polar surface area (TPSA) is 60.9 Å². The van der Waals surface area contributed by atoms with E-state index in [-0.39, 0.29) is 5.56 Å². The lowest BCUT2D eigenvalue weighted by Gasteiger charge is -2.11. The summed E-state index contributed by atoms with van der Waals surface area (Å²) in [6.07, 6.45) is 1.69. The molecule has 0 aliphatic heterocycles. The number of rotatable bonds is 7. The molecule has 5 nitrogen and oxygen atoms in total.